The fourth-order valence-electron chi connectivity index (χ4n) is 2.84. The van der Waals surface area contributed by atoms with E-state index in [0.717, 1.165) is 29.5 Å². The monoisotopic (exact) mass is 392 g/mol. The van der Waals surface area contributed by atoms with Gasteiger partial charge in [-0.05, 0) is 44.5 Å². The van der Waals surface area contributed by atoms with Gasteiger partial charge in [-0.3, -0.25) is 14.9 Å². The summed E-state index contributed by atoms with van der Waals surface area (Å²) in [5.74, 6) is 0.0548. The van der Waals surface area contributed by atoms with E-state index in [0.29, 0.717) is 16.4 Å². The highest BCUT2D eigenvalue weighted by Crippen LogP contribution is 2.36. The summed E-state index contributed by atoms with van der Waals surface area (Å²) < 4.78 is 0.742. The van der Waals surface area contributed by atoms with E-state index in [1.54, 1.807) is 12.1 Å². The van der Waals surface area contributed by atoms with E-state index in [9.17, 15) is 14.9 Å². The molecule has 2 N–H and O–H groups in total. The predicted octanol–water partition coefficient (Wildman–Crippen LogP) is 3.24. The van der Waals surface area contributed by atoms with E-state index >= 15 is 0 Å². The summed E-state index contributed by atoms with van der Waals surface area (Å²) in [7, 11) is 0. The maximum absolute atomic E-state index is 12.5. The molecule has 0 saturated carbocycles. The van der Waals surface area contributed by atoms with Crippen LogP contribution in [0, 0.1) is 23.0 Å². The quantitative estimate of drug-likeness (QED) is 0.599. The third-order valence-electron chi connectivity index (χ3n) is 4.31. The lowest BCUT2D eigenvalue weighted by atomic mass is 9.95. The van der Waals surface area contributed by atoms with Crippen LogP contribution in [0.4, 0.5) is 5.69 Å². The Morgan fingerprint density at radius 1 is 1.50 bits per heavy atom. The summed E-state index contributed by atoms with van der Waals surface area (Å²) in [6, 6.07) is 4.69. The molecule has 1 aromatic carbocycles. The Balaban J connectivity index is 1.79. The van der Waals surface area contributed by atoms with Gasteiger partial charge in [0.15, 0.2) is 4.34 Å². The van der Waals surface area contributed by atoms with Crippen LogP contribution in [0.25, 0.3) is 0 Å². The zero-order valence-corrected chi connectivity index (χ0v) is 16.2. The van der Waals surface area contributed by atoms with Crippen LogP contribution in [0.3, 0.4) is 0 Å². The Kier molecular flexibility index (Phi) is 5.90. The van der Waals surface area contributed by atoms with Gasteiger partial charge in [0, 0.05) is 28.7 Å². The van der Waals surface area contributed by atoms with Crippen LogP contribution >= 0.6 is 23.1 Å². The molecule has 2 aromatic rings. The van der Waals surface area contributed by atoms with Crippen molar-refractivity contribution in [2.24, 2.45) is 5.92 Å². The van der Waals surface area contributed by atoms with Crippen LogP contribution in [0.1, 0.15) is 29.4 Å². The van der Waals surface area contributed by atoms with Crippen LogP contribution in [-0.2, 0) is 0 Å². The second-order valence-corrected chi connectivity index (χ2v) is 8.49. The van der Waals surface area contributed by atoms with Crippen molar-refractivity contribution in [2.75, 3.05) is 13.1 Å². The molecule has 9 heteroatoms. The largest absolute Gasteiger partial charge is 0.349 e. The Hall–Kier alpha value is -1.97. The molecule has 1 saturated heterocycles. The van der Waals surface area contributed by atoms with Crippen molar-refractivity contribution in [1.29, 1.82) is 0 Å². The molecule has 1 aliphatic heterocycles. The predicted molar refractivity (Wildman–Crippen MR) is 102 cm³/mol. The molecule has 1 aromatic heterocycles. The lowest BCUT2D eigenvalue weighted by Gasteiger charge is -2.30. The summed E-state index contributed by atoms with van der Waals surface area (Å²) in [6.07, 6.45) is 0.854. The van der Waals surface area contributed by atoms with E-state index < -0.39 is 4.92 Å². The lowest BCUT2D eigenvalue weighted by Crippen LogP contribution is -2.48. The number of carbonyl (C=O) groups is 1. The minimum absolute atomic E-state index is 0.0751. The molecular formula is C17H20N4O3S2. The van der Waals surface area contributed by atoms with Crippen LogP contribution in [-0.4, -0.2) is 34.9 Å². The Labute approximate surface area is 159 Å². The zero-order chi connectivity index (χ0) is 18.7. The number of aryl methyl sites for hydroxylation is 1. The van der Waals surface area contributed by atoms with Gasteiger partial charge in [-0.1, -0.05) is 18.7 Å². The molecule has 2 atom stereocenters. The van der Waals surface area contributed by atoms with Crippen molar-refractivity contribution in [3.8, 4) is 0 Å². The number of carbonyl (C=O) groups excluding carboxylic acids is 1. The molecular weight excluding hydrogens is 372 g/mol. The molecule has 0 radical (unpaired) electrons. The van der Waals surface area contributed by atoms with Gasteiger partial charge in [-0.2, -0.15) is 0 Å². The third-order valence-corrected chi connectivity index (χ3v) is 6.44. The van der Waals surface area contributed by atoms with Crippen LogP contribution in [0.2, 0.25) is 0 Å². The van der Waals surface area contributed by atoms with Crippen LogP contribution < -0.4 is 10.6 Å². The molecule has 2 heterocycles. The molecule has 2 unspecified atom stereocenters. The van der Waals surface area contributed by atoms with Crippen molar-refractivity contribution < 1.29 is 9.72 Å². The minimum Gasteiger partial charge on any atom is -0.349 e. The molecule has 1 fully saturated rings. The SMILES string of the molecule is Cc1csc(Sc2ccc(C(=O)NC3CCNCC3C)cc2[N+](=O)[O-])n1. The normalized spacial score (nSPS) is 19.9. The highest BCUT2D eigenvalue weighted by molar-refractivity contribution is 8.01. The van der Waals surface area contributed by atoms with E-state index in [1.807, 2.05) is 12.3 Å². The van der Waals surface area contributed by atoms with Gasteiger partial charge in [-0.15, -0.1) is 11.3 Å². The zero-order valence-electron chi connectivity index (χ0n) is 14.5. The lowest BCUT2D eigenvalue weighted by molar-refractivity contribution is -0.387. The molecule has 0 aliphatic carbocycles. The Morgan fingerprint density at radius 3 is 2.96 bits per heavy atom. The van der Waals surface area contributed by atoms with Crippen molar-refractivity contribution in [3.63, 3.8) is 0 Å². The second kappa shape index (κ2) is 8.15. The number of nitro groups is 1. The highest BCUT2D eigenvalue weighted by atomic mass is 32.2. The fourth-order valence-corrected chi connectivity index (χ4v) is 4.72. The van der Waals surface area contributed by atoms with Crippen LogP contribution in [0.15, 0.2) is 32.8 Å². The Morgan fingerprint density at radius 2 is 2.31 bits per heavy atom. The molecule has 26 heavy (non-hydrogen) atoms. The number of piperidine rings is 1. The summed E-state index contributed by atoms with van der Waals surface area (Å²) in [5.41, 5.74) is 1.11. The van der Waals surface area contributed by atoms with Crippen molar-refractivity contribution in [1.82, 2.24) is 15.6 Å². The first-order chi connectivity index (χ1) is 12.4. The van der Waals surface area contributed by atoms with Crippen LogP contribution in [0.5, 0.6) is 0 Å². The van der Waals surface area contributed by atoms with Crippen molar-refractivity contribution >= 4 is 34.7 Å². The number of hydrogen-bond acceptors (Lipinski definition) is 7. The van der Waals surface area contributed by atoms with Gasteiger partial charge >= 0.3 is 0 Å². The first-order valence-electron chi connectivity index (χ1n) is 8.34. The average Bonchev–Trinajstić information content (AvgIpc) is 3.02. The number of hydrogen-bond donors (Lipinski definition) is 2. The van der Waals surface area contributed by atoms with Crippen molar-refractivity contribution in [3.05, 3.63) is 45.0 Å². The van der Waals surface area contributed by atoms with Gasteiger partial charge in [-0.25, -0.2) is 4.98 Å². The van der Waals surface area contributed by atoms with Gasteiger partial charge < -0.3 is 10.6 Å². The first-order valence-corrected chi connectivity index (χ1v) is 10.0. The summed E-state index contributed by atoms with van der Waals surface area (Å²) >= 11 is 2.69. The number of nitro benzene ring substituents is 1. The van der Waals surface area contributed by atoms with E-state index in [1.165, 1.54) is 29.2 Å². The molecule has 0 bridgehead atoms. The van der Waals surface area contributed by atoms with Gasteiger partial charge in [0.1, 0.15) is 0 Å². The summed E-state index contributed by atoms with van der Waals surface area (Å²) in [6.45, 7) is 5.67. The van der Waals surface area contributed by atoms with Gasteiger partial charge in [0.05, 0.1) is 9.82 Å². The van der Waals surface area contributed by atoms with Gasteiger partial charge in [0.2, 0.25) is 0 Å². The van der Waals surface area contributed by atoms with E-state index in [4.69, 9.17) is 0 Å². The molecule has 3 rings (SSSR count). The maximum Gasteiger partial charge on any atom is 0.284 e. The molecule has 0 spiro atoms. The number of thiazole rings is 1. The third kappa shape index (κ3) is 4.40. The fraction of sp³-hybridized carbons (Fsp3) is 0.412. The second-order valence-electron chi connectivity index (χ2n) is 6.35. The molecule has 1 aliphatic rings. The average molecular weight is 393 g/mol. The smallest absolute Gasteiger partial charge is 0.284 e. The first kappa shape index (κ1) is 18.8. The summed E-state index contributed by atoms with van der Waals surface area (Å²) in [4.78, 5) is 28.4. The number of rotatable bonds is 5. The number of nitrogens with one attached hydrogen (secondary N) is 2. The van der Waals surface area contributed by atoms with E-state index in [2.05, 4.69) is 22.5 Å². The topological polar surface area (TPSA) is 97.2 Å². The summed E-state index contributed by atoms with van der Waals surface area (Å²) in [5, 5.41) is 19.7. The Bertz CT molecular complexity index is 824. The minimum atomic E-state index is -0.452. The van der Waals surface area contributed by atoms with E-state index in [-0.39, 0.29) is 17.6 Å². The number of amides is 1. The van der Waals surface area contributed by atoms with Gasteiger partial charge in [0.25, 0.3) is 11.6 Å². The molecule has 138 valence electrons. The maximum atomic E-state index is 12.5. The number of aromatic nitrogens is 1. The molecule has 1 amide bonds. The number of nitrogens with zero attached hydrogens (tertiary/aromatic N) is 2. The highest BCUT2D eigenvalue weighted by Gasteiger charge is 2.25. The number of benzene rings is 1. The van der Waals surface area contributed by atoms with Crippen molar-refractivity contribution in [2.45, 2.75) is 35.5 Å². The molecule has 7 nitrogen and oxygen atoms in total. The standard InChI is InChI=1S/C17H20N4O3S2/c1-10-8-18-6-5-13(10)20-16(22)12-3-4-15(14(7-12)21(23)24)26-17-19-11(2)9-25-17/h3-4,7,9-10,13,18H,5-6,8H2,1-2H3,(H,20,22).